The predicted molar refractivity (Wildman–Crippen MR) is 136 cm³/mol. The monoisotopic (exact) mass is 856 g/mol. The average molecular weight is 856 g/mol. The molecule has 0 fully saturated rings. The molecule has 0 aliphatic heterocycles. The van der Waals surface area contributed by atoms with Gasteiger partial charge in [0.05, 0.1) is 6.61 Å². The first-order chi connectivity index (χ1) is 17.1. The summed E-state index contributed by atoms with van der Waals surface area (Å²) < 4.78 is 19.3. The second-order valence-corrected chi connectivity index (χ2v) is 7.64. The third-order valence-corrected chi connectivity index (χ3v) is 3.88. The Hall–Kier alpha value is 0.956. The molecule has 0 spiro atoms. The summed E-state index contributed by atoms with van der Waals surface area (Å²) in [5, 5.41) is 18.5. The fraction of sp³-hybridized carbons (Fsp3) is 0.357. The van der Waals surface area contributed by atoms with Crippen LogP contribution in [0.25, 0.3) is 0 Å². The number of ether oxygens (including phenoxy) is 4. The van der Waals surface area contributed by atoms with Crippen LogP contribution in [-0.2, 0) is 155 Å². The third-order valence-electron chi connectivity index (χ3n) is 3.88. The number of aliphatic hydroxyl groups excluding tert-OH is 2. The molecule has 8 nitrogen and oxygen atoms in total. The Kier molecular flexibility index (Phi) is 41.5. The minimum Gasteiger partial charge on any atom is -0.516 e. The van der Waals surface area contributed by atoms with Crippen molar-refractivity contribution in [2.45, 2.75) is 33.0 Å². The molecule has 0 aromatic heterocycles. The summed E-state index contributed by atoms with van der Waals surface area (Å²) in [6, 6.07) is 20.5. The van der Waals surface area contributed by atoms with Crippen molar-refractivity contribution in [3.05, 3.63) is 90.5 Å². The summed E-state index contributed by atoms with van der Waals surface area (Å²) in [5.41, 5.74) is 1.91. The van der Waals surface area contributed by atoms with Gasteiger partial charge in [-0.3, -0.25) is 0 Å². The summed E-state index contributed by atoms with van der Waals surface area (Å²) in [4.78, 5) is 21.8. The van der Waals surface area contributed by atoms with E-state index < -0.39 is 24.1 Å². The molecule has 0 saturated carbocycles. The standard InChI is InChI=1S/C13H15O4.C8H14O4.C7H7.4Y/c1-10(2)13(15)17-9-11(14)8-16-12-6-4-3-5-7-12;1-6(2)8(10)12-5-7(9)4-11-3;1-7-5-3-2-4-6-7;;;;/h4-7,11,14H,1,8-9H2,2H3;7,9H,1,4-5H2,2-3H3;3-6H,1H3;;;;/q-1;;-1;;;;. The van der Waals surface area contributed by atoms with Gasteiger partial charge in [-0.05, 0) is 13.8 Å². The van der Waals surface area contributed by atoms with Gasteiger partial charge in [-0.2, -0.15) is 54.1 Å². The normalized spacial score (nSPS) is 10.2. The minimum atomic E-state index is -0.859. The Morgan fingerprint density at radius 1 is 0.750 bits per heavy atom. The zero-order valence-electron chi connectivity index (χ0n) is 23.7. The van der Waals surface area contributed by atoms with E-state index in [4.69, 9.17) is 14.6 Å². The van der Waals surface area contributed by atoms with E-state index in [2.05, 4.69) is 41.7 Å². The van der Waals surface area contributed by atoms with Crippen LogP contribution in [0.3, 0.4) is 0 Å². The number of esters is 2. The van der Waals surface area contributed by atoms with Crippen LogP contribution >= 0.6 is 0 Å². The van der Waals surface area contributed by atoms with Crippen molar-refractivity contribution in [2.75, 3.05) is 33.5 Å². The molecular weight excluding hydrogens is 820 g/mol. The van der Waals surface area contributed by atoms with Crippen molar-refractivity contribution >= 4 is 11.9 Å². The van der Waals surface area contributed by atoms with Crippen molar-refractivity contribution < 1.29 is 170 Å². The van der Waals surface area contributed by atoms with E-state index in [0.29, 0.717) is 16.9 Å². The van der Waals surface area contributed by atoms with E-state index in [1.807, 2.05) is 24.3 Å². The molecule has 2 unspecified atom stereocenters. The molecule has 210 valence electrons. The summed E-state index contributed by atoms with van der Waals surface area (Å²) in [5.74, 6) is -0.377. The van der Waals surface area contributed by atoms with Gasteiger partial charge < -0.3 is 29.2 Å². The molecule has 2 aromatic rings. The van der Waals surface area contributed by atoms with Crippen molar-refractivity contribution in [1.82, 2.24) is 0 Å². The zero-order chi connectivity index (χ0) is 27.3. The van der Waals surface area contributed by atoms with E-state index in [-0.39, 0.29) is 157 Å². The molecule has 0 amide bonds. The van der Waals surface area contributed by atoms with Gasteiger partial charge in [0.1, 0.15) is 32.0 Å². The van der Waals surface area contributed by atoms with Crippen LogP contribution < -0.4 is 4.74 Å². The van der Waals surface area contributed by atoms with Crippen molar-refractivity contribution in [3.8, 4) is 5.75 Å². The topological polar surface area (TPSA) is 112 Å². The predicted octanol–water partition coefficient (Wildman–Crippen LogP) is 3.24. The number of carbonyl (C=O) groups excluding carboxylic acids is 2. The molecule has 2 atom stereocenters. The SMILES string of the molecule is C=C(C)C(=O)OCC(O)COC.C=C(C)C(=O)OCC(O)COc1cc[c-]cc1.Cc1cc[c-]cc1.[Y].[Y].[Y].[Y]. The fourth-order valence-electron chi connectivity index (χ4n) is 2.01. The maximum Gasteiger partial charge on any atom is 0.333 e. The van der Waals surface area contributed by atoms with Crippen molar-refractivity contribution in [3.63, 3.8) is 0 Å². The Labute approximate surface area is 339 Å². The van der Waals surface area contributed by atoms with Gasteiger partial charge in [-0.1, -0.05) is 20.1 Å². The first-order valence-electron chi connectivity index (χ1n) is 11.1. The number of aryl methyl sites for hydroxylation is 1. The quantitative estimate of drug-likeness (QED) is 0.202. The van der Waals surface area contributed by atoms with E-state index in [0.717, 1.165) is 0 Å². The maximum atomic E-state index is 11.0. The molecule has 4 radical (unpaired) electrons. The summed E-state index contributed by atoms with van der Waals surface area (Å²) >= 11 is 0. The van der Waals surface area contributed by atoms with Gasteiger partial charge in [0.2, 0.25) is 0 Å². The molecule has 0 saturated heterocycles. The second kappa shape index (κ2) is 32.9. The summed E-state index contributed by atoms with van der Waals surface area (Å²) in [6.45, 7) is 12.0. The number of methoxy groups -OCH3 is 1. The molecule has 2 aromatic carbocycles. The molecule has 2 N–H and O–H groups in total. The summed E-state index contributed by atoms with van der Waals surface area (Å²) in [7, 11) is 1.46. The van der Waals surface area contributed by atoms with Crippen LogP contribution in [0.1, 0.15) is 19.4 Å². The van der Waals surface area contributed by atoms with Crippen molar-refractivity contribution in [1.29, 1.82) is 0 Å². The molecule has 2 rings (SSSR count). The molecule has 12 heteroatoms. The summed E-state index contributed by atoms with van der Waals surface area (Å²) in [6.07, 6.45) is -1.62. The molecule has 0 aliphatic carbocycles. The fourth-order valence-corrected chi connectivity index (χ4v) is 2.01. The number of hydrogen-bond acceptors (Lipinski definition) is 8. The van der Waals surface area contributed by atoms with E-state index in [9.17, 15) is 14.7 Å². The van der Waals surface area contributed by atoms with Crippen LogP contribution in [0.15, 0.2) is 72.8 Å². The first-order valence-corrected chi connectivity index (χ1v) is 11.1. The van der Waals surface area contributed by atoms with Gasteiger partial charge in [0.25, 0.3) is 0 Å². The second-order valence-electron chi connectivity index (χ2n) is 7.64. The van der Waals surface area contributed by atoms with E-state index in [1.165, 1.54) is 12.7 Å². The van der Waals surface area contributed by atoms with Crippen molar-refractivity contribution in [2.24, 2.45) is 0 Å². The molecule has 0 bridgehead atoms. The molecule has 40 heavy (non-hydrogen) atoms. The largest absolute Gasteiger partial charge is 0.516 e. The smallest absolute Gasteiger partial charge is 0.333 e. The van der Waals surface area contributed by atoms with Crippen LogP contribution in [0.2, 0.25) is 0 Å². The number of rotatable bonds is 11. The number of benzene rings is 2. The number of hydrogen-bond donors (Lipinski definition) is 2. The Morgan fingerprint density at radius 3 is 1.45 bits per heavy atom. The van der Waals surface area contributed by atoms with Gasteiger partial charge >= 0.3 is 11.9 Å². The Bertz CT molecular complexity index is 915. The number of aliphatic hydroxyl groups is 2. The number of carbonyl (C=O) groups is 2. The average Bonchev–Trinajstić information content (AvgIpc) is 2.86. The van der Waals surface area contributed by atoms with E-state index in [1.54, 1.807) is 38.1 Å². The van der Waals surface area contributed by atoms with Gasteiger partial charge in [-0.15, -0.1) is 12.1 Å². The van der Waals surface area contributed by atoms with E-state index >= 15 is 0 Å². The van der Waals surface area contributed by atoms with Crippen LogP contribution in [0.4, 0.5) is 0 Å². The first kappa shape index (κ1) is 50.6. The van der Waals surface area contributed by atoms with Crippen LogP contribution in [0.5, 0.6) is 5.75 Å². The minimum absolute atomic E-state index is 0. The zero-order valence-corrected chi connectivity index (χ0v) is 35.0. The Balaban J connectivity index is -0.000000157. The van der Waals surface area contributed by atoms with Gasteiger partial charge in [0.15, 0.2) is 0 Å². The maximum absolute atomic E-state index is 11.0. The van der Waals surface area contributed by atoms with Gasteiger partial charge in [0, 0.05) is 155 Å². The molecule has 0 aliphatic rings. The molecule has 0 heterocycles. The molecular formula is C28H36O8Y4-2. The van der Waals surface area contributed by atoms with Gasteiger partial charge in [-0.25, -0.2) is 9.59 Å². The van der Waals surface area contributed by atoms with Crippen LogP contribution in [-0.4, -0.2) is 67.9 Å². The third kappa shape index (κ3) is 30.4. The Morgan fingerprint density at radius 2 is 1.12 bits per heavy atom. The van der Waals surface area contributed by atoms with Crippen LogP contribution in [0, 0.1) is 19.1 Å².